The van der Waals surface area contributed by atoms with E-state index < -0.39 is 14.4 Å². The van der Waals surface area contributed by atoms with Gasteiger partial charge in [0.2, 0.25) is 0 Å². The van der Waals surface area contributed by atoms with Crippen LogP contribution in [0, 0.1) is 0 Å². The van der Waals surface area contributed by atoms with E-state index in [1.165, 1.54) is 12.1 Å². The Morgan fingerprint density at radius 3 is 2.23 bits per heavy atom. The first-order valence-electron chi connectivity index (χ1n) is 3.31. The van der Waals surface area contributed by atoms with Gasteiger partial charge in [-0.3, -0.25) is 4.79 Å². The lowest BCUT2D eigenvalue weighted by atomic mass is 10.2. The van der Waals surface area contributed by atoms with Gasteiger partial charge in [0.25, 0.3) is 14.4 Å². The molecule has 0 spiro atoms. The first-order chi connectivity index (χ1) is 5.99. The van der Waals surface area contributed by atoms with Crippen molar-refractivity contribution in [3.05, 3.63) is 35.9 Å². The quantitative estimate of drug-likeness (QED) is 0.812. The van der Waals surface area contributed by atoms with Gasteiger partial charge in [-0.25, -0.2) is 4.72 Å². The molecule has 0 atom stereocenters. The minimum Gasteiger partial charge on any atom is -0.268 e. The zero-order chi connectivity index (χ0) is 9.90. The minimum atomic E-state index is -3.66. The molecular weight excluding hydrogens is 258 g/mol. The van der Waals surface area contributed by atoms with Crippen molar-refractivity contribution in [3.63, 3.8) is 0 Å². The van der Waals surface area contributed by atoms with Crippen molar-refractivity contribution in [1.82, 2.24) is 4.72 Å². The maximum Gasteiger partial charge on any atom is 0.295 e. The maximum atomic E-state index is 11.1. The molecule has 6 heteroatoms. The van der Waals surface area contributed by atoms with Crippen LogP contribution in [0.2, 0.25) is 0 Å². The summed E-state index contributed by atoms with van der Waals surface area (Å²) >= 11 is 2.32. The molecule has 4 nitrogen and oxygen atoms in total. The van der Waals surface area contributed by atoms with Crippen molar-refractivity contribution in [2.24, 2.45) is 0 Å². The van der Waals surface area contributed by atoms with E-state index in [0.717, 1.165) is 0 Å². The third-order valence-corrected chi connectivity index (χ3v) is 2.17. The van der Waals surface area contributed by atoms with E-state index >= 15 is 0 Å². The van der Waals surface area contributed by atoms with Crippen molar-refractivity contribution in [2.75, 3.05) is 0 Å². The van der Waals surface area contributed by atoms with E-state index in [-0.39, 0.29) is 0 Å². The van der Waals surface area contributed by atoms with Crippen molar-refractivity contribution >= 4 is 29.2 Å². The van der Waals surface area contributed by atoms with Crippen molar-refractivity contribution in [3.8, 4) is 0 Å². The third kappa shape index (κ3) is 3.56. The molecule has 0 aromatic heterocycles. The molecule has 0 unspecified atom stereocenters. The van der Waals surface area contributed by atoms with Gasteiger partial charge in [0.15, 0.2) is 0 Å². The fraction of sp³-hybridized carbons (Fsp3) is 0. The van der Waals surface area contributed by atoms with Gasteiger partial charge in [-0.2, -0.15) is 8.42 Å². The van der Waals surface area contributed by atoms with Crippen LogP contribution in [0.15, 0.2) is 30.3 Å². The lowest BCUT2D eigenvalue weighted by molar-refractivity contribution is 0.0982. The maximum absolute atomic E-state index is 11.1. The van der Waals surface area contributed by atoms with E-state index in [4.69, 9.17) is 0 Å². The Morgan fingerprint density at radius 2 is 1.77 bits per heavy atom. The number of carbonyl (C=O) groups excluding carboxylic acids is 1. The van der Waals surface area contributed by atoms with E-state index in [0.29, 0.717) is 5.56 Å². The molecular formula is C7H6BrNO3S. The van der Waals surface area contributed by atoms with Crippen LogP contribution in [0.4, 0.5) is 0 Å². The summed E-state index contributed by atoms with van der Waals surface area (Å²) in [4.78, 5) is 11.1. The molecule has 0 saturated heterocycles. The van der Waals surface area contributed by atoms with Gasteiger partial charge in [-0.15, -0.1) is 0 Å². The van der Waals surface area contributed by atoms with E-state index in [1.54, 1.807) is 22.9 Å². The Bertz CT molecular complexity index is 401. The topological polar surface area (TPSA) is 63.2 Å². The highest BCUT2D eigenvalue weighted by Gasteiger charge is 2.10. The molecule has 70 valence electrons. The van der Waals surface area contributed by atoms with Gasteiger partial charge in [0, 0.05) is 5.56 Å². The zero-order valence-electron chi connectivity index (χ0n) is 6.40. The summed E-state index contributed by atoms with van der Waals surface area (Å²) in [6, 6.07) is 8.08. The molecule has 0 saturated carbocycles. The number of rotatable bonds is 2. The predicted octanol–water partition coefficient (Wildman–Crippen LogP) is 1.06. The Balaban J connectivity index is 2.82. The highest BCUT2D eigenvalue weighted by molar-refractivity contribution is 9.47. The average molecular weight is 264 g/mol. The number of hydrogen-bond acceptors (Lipinski definition) is 3. The summed E-state index contributed by atoms with van der Waals surface area (Å²) in [5.74, 6) is -0.655. The predicted molar refractivity (Wildman–Crippen MR) is 51.8 cm³/mol. The van der Waals surface area contributed by atoms with Crippen LogP contribution in [0.3, 0.4) is 0 Å². The van der Waals surface area contributed by atoms with Crippen LogP contribution in [0.25, 0.3) is 0 Å². The molecule has 1 N–H and O–H groups in total. The number of halogens is 1. The van der Waals surface area contributed by atoms with Gasteiger partial charge in [-0.05, 0) is 12.1 Å². The molecule has 0 fully saturated rings. The Morgan fingerprint density at radius 1 is 1.23 bits per heavy atom. The van der Waals surface area contributed by atoms with E-state index in [1.807, 2.05) is 0 Å². The number of benzene rings is 1. The SMILES string of the molecule is O=C(NS(=O)(=O)Br)c1ccccc1. The summed E-state index contributed by atoms with van der Waals surface area (Å²) < 4.78 is 23.0. The molecule has 13 heavy (non-hydrogen) atoms. The summed E-state index contributed by atoms with van der Waals surface area (Å²) in [6.45, 7) is 0. The standard InChI is InChI=1S/C7H6BrNO3S/c8-13(11,12)9-7(10)6-4-2-1-3-5-6/h1-5H,(H,9,10). The smallest absolute Gasteiger partial charge is 0.268 e. The molecule has 0 heterocycles. The molecule has 1 amide bonds. The van der Waals surface area contributed by atoms with Gasteiger partial charge in [0.05, 0.1) is 14.8 Å². The van der Waals surface area contributed by atoms with Crippen LogP contribution in [0.1, 0.15) is 10.4 Å². The highest BCUT2D eigenvalue weighted by atomic mass is 79.9. The number of amides is 1. The Labute approximate surface area is 83.2 Å². The molecule has 0 aliphatic rings. The molecule has 0 aliphatic carbocycles. The van der Waals surface area contributed by atoms with Crippen molar-refractivity contribution in [1.29, 1.82) is 0 Å². The van der Waals surface area contributed by atoms with E-state index in [9.17, 15) is 13.2 Å². The summed E-state index contributed by atoms with van der Waals surface area (Å²) in [5.41, 5.74) is 0.297. The van der Waals surface area contributed by atoms with Crippen molar-refractivity contribution < 1.29 is 13.2 Å². The lowest BCUT2D eigenvalue weighted by Crippen LogP contribution is -2.25. The van der Waals surface area contributed by atoms with Crippen molar-refractivity contribution in [2.45, 2.75) is 0 Å². The first kappa shape index (κ1) is 10.2. The molecule has 0 aliphatic heterocycles. The second-order valence-corrected chi connectivity index (χ2v) is 5.87. The van der Waals surface area contributed by atoms with Crippen LogP contribution >= 0.6 is 14.8 Å². The zero-order valence-corrected chi connectivity index (χ0v) is 8.80. The molecule has 1 aromatic rings. The molecule has 1 rings (SSSR count). The molecule has 0 radical (unpaired) electrons. The van der Waals surface area contributed by atoms with Crippen LogP contribution in [0.5, 0.6) is 0 Å². The Hall–Kier alpha value is -0.880. The lowest BCUT2D eigenvalue weighted by Gasteiger charge is -1.99. The monoisotopic (exact) mass is 263 g/mol. The molecule has 1 aromatic carbocycles. The van der Waals surface area contributed by atoms with Gasteiger partial charge < -0.3 is 0 Å². The minimum absolute atomic E-state index is 0.297. The number of nitrogens with one attached hydrogen (secondary N) is 1. The summed E-state index contributed by atoms with van der Waals surface area (Å²) in [7, 11) is -3.66. The second kappa shape index (κ2) is 3.89. The highest BCUT2D eigenvalue weighted by Crippen LogP contribution is 2.01. The average Bonchev–Trinajstić information content (AvgIpc) is 2.03. The largest absolute Gasteiger partial charge is 0.295 e. The fourth-order valence-electron chi connectivity index (χ4n) is 0.759. The third-order valence-electron chi connectivity index (χ3n) is 1.25. The van der Waals surface area contributed by atoms with E-state index in [2.05, 4.69) is 14.8 Å². The number of carbonyl (C=O) groups is 1. The van der Waals surface area contributed by atoms with Crippen LogP contribution < -0.4 is 4.72 Å². The first-order valence-corrected chi connectivity index (χ1v) is 6.63. The van der Waals surface area contributed by atoms with Crippen LogP contribution in [-0.2, 0) is 8.46 Å². The van der Waals surface area contributed by atoms with Gasteiger partial charge in [0.1, 0.15) is 0 Å². The summed E-state index contributed by atoms with van der Waals surface area (Å²) in [5, 5.41) is 0. The Kier molecular flexibility index (Phi) is 3.05. The number of hydrogen-bond donors (Lipinski definition) is 1. The fourth-order valence-corrected chi connectivity index (χ4v) is 1.54. The second-order valence-electron chi connectivity index (χ2n) is 2.24. The molecule has 0 bridgehead atoms. The van der Waals surface area contributed by atoms with Crippen LogP contribution in [-0.4, -0.2) is 14.3 Å². The summed E-state index contributed by atoms with van der Waals surface area (Å²) in [6.07, 6.45) is 0. The van der Waals surface area contributed by atoms with Gasteiger partial charge in [-0.1, -0.05) is 18.2 Å². The normalized spacial score (nSPS) is 10.8. The van der Waals surface area contributed by atoms with Gasteiger partial charge >= 0.3 is 0 Å².